The Hall–Kier alpha value is -2.96. The Labute approximate surface area is 169 Å². The van der Waals surface area contributed by atoms with Crippen LogP contribution in [0, 0.1) is 0 Å². The van der Waals surface area contributed by atoms with Crippen molar-refractivity contribution in [3.05, 3.63) is 82.1 Å². The van der Waals surface area contributed by atoms with Gasteiger partial charge in [-0.1, -0.05) is 36.4 Å². The summed E-state index contributed by atoms with van der Waals surface area (Å²) in [7, 11) is 0. The second-order valence-corrected chi connectivity index (χ2v) is 7.65. The molecule has 1 fully saturated rings. The molecule has 3 N–H and O–H groups in total. The average molecular weight is 391 g/mol. The van der Waals surface area contributed by atoms with Gasteiger partial charge in [-0.05, 0) is 41.1 Å². The fourth-order valence-electron chi connectivity index (χ4n) is 3.90. The molecule has 0 bridgehead atoms. The Kier molecular flexibility index (Phi) is 5.74. The van der Waals surface area contributed by atoms with E-state index in [-0.39, 0.29) is 30.0 Å². The van der Waals surface area contributed by atoms with Gasteiger partial charge in [0, 0.05) is 31.2 Å². The molecule has 0 spiro atoms. The van der Waals surface area contributed by atoms with Crippen molar-refractivity contribution in [1.29, 1.82) is 0 Å². The number of nitrogens with one attached hydrogen (secondary N) is 2. The molecule has 2 heterocycles. The highest BCUT2D eigenvalue weighted by Crippen LogP contribution is 2.19. The number of aliphatic hydroxyl groups excluding tert-OH is 1. The van der Waals surface area contributed by atoms with E-state index in [1.165, 1.54) is 6.07 Å². The van der Waals surface area contributed by atoms with Crippen LogP contribution in [0.1, 0.15) is 23.6 Å². The summed E-state index contributed by atoms with van der Waals surface area (Å²) in [6.07, 6.45) is 0.751. The normalized spacial score (nSPS) is 18.0. The van der Waals surface area contributed by atoms with E-state index >= 15 is 0 Å². The molecule has 1 saturated heterocycles. The van der Waals surface area contributed by atoms with Crippen LogP contribution < -0.4 is 10.9 Å². The number of rotatable bonds is 6. The Morgan fingerprint density at radius 1 is 1.17 bits per heavy atom. The quantitative estimate of drug-likeness (QED) is 0.600. The number of carbonyl (C=O) groups is 1. The number of likely N-dealkylation sites (tertiary alicyclic amines) is 1. The predicted octanol–water partition coefficient (Wildman–Crippen LogP) is 1.99. The number of aliphatic hydroxyl groups is 1. The smallest absolute Gasteiger partial charge is 0.248 e. The number of aromatic nitrogens is 1. The molecule has 3 aromatic rings. The van der Waals surface area contributed by atoms with Crippen LogP contribution in [-0.4, -0.2) is 46.6 Å². The summed E-state index contributed by atoms with van der Waals surface area (Å²) in [4.78, 5) is 29.2. The van der Waals surface area contributed by atoms with E-state index in [0.29, 0.717) is 13.1 Å². The number of benzene rings is 2. The minimum Gasteiger partial charge on any atom is -0.392 e. The van der Waals surface area contributed by atoms with Crippen LogP contribution >= 0.6 is 0 Å². The number of hydrogen-bond donors (Lipinski definition) is 3. The molecule has 0 saturated carbocycles. The van der Waals surface area contributed by atoms with Crippen LogP contribution in [0.2, 0.25) is 0 Å². The minimum atomic E-state index is -0.286. The van der Waals surface area contributed by atoms with Crippen molar-refractivity contribution in [3.63, 3.8) is 0 Å². The molecule has 1 aliphatic heterocycles. The minimum absolute atomic E-state index is 0.0534. The van der Waals surface area contributed by atoms with E-state index in [1.807, 2.05) is 48.5 Å². The molecular formula is C23H25N3O3. The summed E-state index contributed by atoms with van der Waals surface area (Å²) in [5.41, 5.74) is 2.57. The van der Waals surface area contributed by atoms with E-state index < -0.39 is 0 Å². The summed E-state index contributed by atoms with van der Waals surface area (Å²) in [5.74, 6) is -0.0534. The van der Waals surface area contributed by atoms with Gasteiger partial charge in [0.05, 0.1) is 18.6 Å². The molecule has 150 valence electrons. The maximum absolute atomic E-state index is 12.8. The Balaban J connectivity index is 1.47. The fourth-order valence-corrected chi connectivity index (χ4v) is 3.90. The second kappa shape index (κ2) is 8.59. The van der Waals surface area contributed by atoms with Crippen molar-refractivity contribution in [2.75, 3.05) is 19.6 Å². The Morgan fingerprint density at radius 2 is 2.00 bits per heavy atom. The van der Waals surface area contributed by atoms with Crippen LogP contribution in [-0.2, 0) is 11.2 Å². The van der Waals surface area contributed by atoms with Gasteiger partial charge in [-0.3, -0.25) is 14.5 Å². The van der Waals surface area contributed by atoms with Crippen LogP contribution in [0.4, 0.5) is 0 Å². The predicted molar refractivity (Wildman–Crippen MR) is 113 cm³/mol. The van der Waals surface area contributed by atoms with Gasteiger partial charge in [0.2, 0.25) is 11.5 Å². The summed E-state index contributed by atoms with van der Waals surface area (Å²) in [6.45, 7) is 2.15. The largest absolute Gasteiger partial charge is 0.392 e. The van der Waals surface area contributed by atoms with E-state index in [2.05, 4.69) is 15.2 Å². The molecule has 1 aliphatic rings. The van der Waals surface area contributed by atoms with Crippen molar-refractivity contribution >= 4 is 16.8 Å². The highest BCUT2D eigenvalue weighted by atomic mass is 16.3. The van der Waals surface area contributed by atoms with Crippen molar-refractivity contribution < 1.29 is 9.90 Å². The number of H-pyrrole nitrogens is 1. The number of hydrogen-bond acceptors (Lipinski definition) is 4. The van der Waals surface area contributed by atoms with Gasteiger partial charge >= 0.3 is 0 Å². The highest BCUT2D eigenvalue weighted by molar-refractivity contribution is 5.83. The lowest BCUT2D eigenvalue weighted by Gasteiger charge is -2.25. The van der Waals surface area contributed by atoms with E-state index in [9.17, 15) is 14.7 Å². The first-order valence-electron chi connectivity index (χ1n) is 9.93. The number of β-amino-alcohol motifs (C(OH)–C–C–N with tert-alkyl or cyclic N) is 1. The summed E-state index contributed by atoms with van der Waals surface area (Å²) < 4.78 is 0. The average Bonchev–Trinajstić information content (AvgIpc) is 3.13. The lowest BCUT2D eigenvalue weighted by Crippen LogP contribution is -2.38. The first kappa shape index (κ1) is 19.4. The summed E-state index contributed by atoms with van der Waals surface area (Å²) >= 11 is 0. The molecule has 1 amide bonds. The molecule has 1 aromatic heterocycles. The topological polar surface area (TPSA) is 85.4 Å². The van der Waals surface area contributed by atoms with E-state index in [4.69, 9.17) is 0 Å². The SMILES string of the molecule is O=C(Cc1ccc2[nH]c(=O)ccc2c1)N[C@H](CN1CCC(O)C1)c1ccccc1. The third kappa shape index (κ3) is 4.91. The Bertz CT molecular complexity index is 1050. The van der Waals surface area contributed by atoms with Gasteiger partial charge in [-0.25, -0.2) is 0 Å². The van der Waals surface area contributed by atoms with Crippen molar-refractivity contribution in [3.8, 4) is 0 Å². The zero-order valence-corrected chi connectivity index (χ0v) is 16.2. The van der Waals surface area contributed by atoms with E-state index in [1.54, 1.807) is 6.07 Å². The van der Waals surface area contributed by atoms with Crippen LogP contribution in [0.15, 0.2) is 65.5 Å². The highest BCUT2D eigenvalue weighted by Gasteiger charge is 2.24. The maximum atomic E-state index is 12.8. The third-order valence-corrected chi connectivity index (χ3v) is 5.38. The third-order valence-electron chi connectivity index (χ3n) is 5.38. The lowest BCUT2D eigenvalue weighted by molar-refractivity contribution is -0.121. The van der Waals surface area contributed by atoms with Gasteiger partial charge in [-0.15, -0.1) is 0 Å². The van der Waals surface area contributed by atoms with Gasteiger partial charge < -0.3 is 15.4 Å². The van der Waals surface area contributed by atoms with Crippen molar-refractivity contribution in [1.82, 2.24) is 15.2 Å². The Morgan fingerprint density at radius 3 is 2.76 bits per heavy atom. The first-order valence-corrected chi connectivity index (χ1v) is 9.93. The van der Waals surface area contributed by atoms with Gasteiger partial charge in [-0.2, -0.15) is 0 Å². The van der Waals surface area contributed by atoms with Crippen molar-refractivity contribution in [2.45, 2.75) is 25.0 Å². The number of fused-ring (bicyclic) bond motifs is 1. The molecule has 29 heavy (non-hydrogen) atoms. The van der Waals surface area contributed by atoms with Gasteiger partial charge in [0.1, 0.15) is 0 Å². The van der Waals surface area contributed by atoms with Gasteiger partial charge in [0.15, 0.2) is 0 Å². The van der Waals surface area contributed by atoms with Gasteiger partial charge in [0.25, 0.3) is 0 Å². The number of aromatic amines is 1. The molecular weight excluding hydrogens is 366 g/mol. The zero-order chi connectivity index (χ0) is 20.2. The van der Waals surface area contributed by atoms with Crippen LogP contribution in [0.3, 0.4) is 0 Å². The lowest BCUT2D eigenvalue weighted by atomic mass is 10.0. The zero-order valence-electron chi connectivity index (χ0n) is 16.2. The van der Waals surface area contributed by atoms with Crippen molar-refractivity contribution in [2.24, 2.45) is 0 Å². The molecule has 6 heteroatoms. The first-order chi connectivity index (χ1) is 14.1. The van der Waals surface area contributed by atoms with E-state index in [0.717, 1.165) is 35.0 Å². The number of amides is 1. The molecule has 2 atom stereocenters. The maximum Gasteiger partial charge on any atom is 0.248 e. The molecule has 4 rings (SSSR count). The summed E-state index contributed by atoms with van der Waals surface area (Å²) in [5, 5.41) is 13.9. The van der Waals surface area contributed by atoms with Crippen LogP contribution in [0.25, 0.3) is 10.9 Å². The fraction of sp³-hybridized carbons (Fsp3) is 0.304. The summed E-state index contributed by atoms with van der Waals surface area (Å²) in [6, 6.07) is 18.7. The molecule has 0 radical (unpaired) electrons. The molecule has 6 nitrogen and oxygen atoms in total. The number of nitrogens with zero attached hydrogens (tertiary/aromatic N) is 1. The molecule has 0 aliphatic carbocycles. The number of carbonyl (C=O) groups excluding carboxylic acids is 1. The second-order valence-electron chi connectivity index (χ2n) is 7.65. The van der Waals surface area contributed by atoms with Crippen LogP contribution in [0.5, 0.6) is 0 Å². The standard InChI is InChI=1S/C23H25N3O3/c27-19-10-11-26(14-19)15-21(17-4-2-1-3-5-17)25-23(29)13-16-6-8-20-18(12-16)7-9-22(28)24-20/h1-9,12,19,21,27H,10-11,13-15H2,(H,24,28)(H,25,29)/t19?,21-/m1/s1. The molecule has 1 unspecified atom stereocenters. The molecule has 2 aromatic carbocycles. The number of pyridine rings is 1. The monoisotopic (exact) mass is 391 g/mol.